The molecule has 0 unspecified atom stereocenters. The Kier molecular flexibility index (Phi) is 6.01. The maximum absolute atomic E-state index is 12.5. The van der Waals surface area contributed by atoms with Crippen LogP contribution in [-0.2, 0) is 10.0 Å². The second kappa shape index (κ2) is 9.14. The quantitative estimate of drug-likeness (QED) is 0.329. The zero-order chi connectivity index (χ0) is 24.6. The van der Waals surface area contributed by atoms with Crippen LogP contribution in [0.1, 0.15) is 19.4 Å². The number of H-pyrrole nitrogens is 1. The second-order valence-electron chi connectivity index (χ2n) is 8.70. The van der Waals surface area contributed by atoms with Crippen LogP contribution >= 0.6 is 0 Å². The molecule has 182 valence electrons. The number of aromatic amines is 1. The lowest BCUT2D eigenvalue weighted by Gasteiger charge is -2.42. The molecular formula is C24H28N8O2S. The molecule has 0 aliphatic carbocycles. The number of hydrogen-bond acceptors (Lipinski definition) is 6. The van der Waals surface area contributed by atoms with Crippen LogP contribution < -0.4 is 10.2 Å². The maximum atomic E-state index is 12.5. The number of fused-ring (bicyclic) bond motifs is 2. The predicted octanol–water partition coefficient (Wildman–Crippen LogP) is 3.14. The van der Waals surface area contributed by atoms with Crippen LogP contribution in [0.25, 0.3) is 21.9 Å². The highest BCUT2D eigenvalue weighted by Gasteiger charge is 2.29. The number of aromatic nitrogens is 4. The molecule has 1 atom stereocenters. The maximum Gasteiger partial charge on any atom is 0.256 e. The number of aryl methyl sites for hydroxylation is 1. The first-order chi connectivity index (χ1) is 16.8. The number of hydrogen-bond donors (Lipinski definition) is 2. The van der Waals surface area contributed by atoms with Gasteiger partial charge in [-0.2, -0.15) is 0 Å². The summed E-state index contributed by atoms with van der Waals surface area (Å²) in [6, 6.07) is 9.61. The van der Waals surface area contributed by atoms with Crippen molar-refractivity contribution in [2.45, 2.75) is 26.8 Å². The van der Waals surface area contributed by atoms with Crippen LogP contribution in [0.5, 0.6) is 0 Å². The van der Waals surface area contributed by atoms with Crippen molar-refractivity contribution in [3.8, 4) is 0 Å². The molecule has 1 saturated heterocycles. The highest BCUT2D eigenvalue weighted by molar-refractivity contribution is 7.90. The van der Waals surface area contributed by atoms with Gasteiger partial charge >= 0.3 is 0 Å². The van der Waals surface area contributed by atoms with Gasteiger partial charge in [-0.3, -0.25) is 4.98 Å². The van der Waals surface area contributed by atoms with Gasteiger partial charge in [-0.15, -0.1) is 4.40 Å². The number of piperazine rings is 1. The molecule has 1 fully saturated rings. The Morgan fingerprint density at radius 2 is 2.09 bits per heavy atom. The van der Waals surface area contributed by atoms with Gasteiger partial charge in [-0.05, 0) is 44.5 Å². The first-order valence-electron chi connectivity index (χ1n) is 11.6. The van der Waals surface area contributed by atoms with Gasteiger partial charge in [0.2, 0.25) is 5.96 Å². The van der Waals surface area contributed by atoms with E-state index in [1.54, 1.807) is 19.4 Å². The molecule has 0 saturated carbocycles. The van der Waals surface area contributed by atoms with Crippen molar-refractivity contribution in [2.75, 3.05) is 35.6 Å². The average molecular weight is 493 g/mol. The molecule has 0 amide bonds. The molecule has 0 radical (unpaired) electrons. The van der Waals surface area contributed by atoms with E-state index >= 15 is 0 Å². The fourth-order valence-corrected chi connectivity index (χ4v) is 4.96. The lowest BCUT2D eigenvalue weighted by Crippen LogP contribution is -2.56. The Balaban J connectivity index is 1.44. The van der Waals surface area contributed by atoms with E-state index in [4.69, 9.17) is 0 Å². The van der Waals surface area contributed by atoms with Crippen LogP contribution in [0, 0.1) is 6.92 Å². The van der Waals surface area contributed by atoms with Crippen LogP contribution in [-0.4, -0.2) is 70.6 Å². The fraction of sp³-hybridized carbons (Fsp3) is 0.333. The number of anilines is 2. The summed E-state index contributed by atoms with van der Waals surface area (Å²) in [5.74, 6) is 1.13. The van der Waals surface area contributed by atoms with Gasteiger partial charge < -0.3 is 20.1 Å². The third-order valence-electron chi connectivity index (χ3n) is 6.30. The van der Waals surface area contributed by atoms with E-state index in [2.05, 4.69) is 41.5 Å². The summed E-state index contributed by atoms with van der Waals surface area (Å²) in [5, 5.41) is 5.28. The molecular weight excluding hydrogens is 464 g/mol. The van der Waals surface area contributed by atoms with Crippen molar-refractivity contribution in [2.24, 2.45) is 4.40 Å². The van der Waals surface area contributed by atoms with Crippen molar-refractivity contribution in [1.29, 1.82) is 0 Å². The summed E-state index contributed by atoms with van der Waals surface area (Å²) in [7, 11) is -3.62. The van der Waals surface area contributed by atoms with E-state index in [0.717, 1.165) is 39.0 Å². The van der Waals surface area contributed by atoms with E-state index in [9.17, 15) is 8.42 Å². The van der Waals surface area contributed by atoms with Crippen molar-refractivity contribution in [1.82, 2.24) is 24.8 Å². The highest BCUT2D eigenvalue weighted by atomic mass is 32.2. The normalized spacial score (nSPS) is 17.3. The van der Waals surface area contributed by atoms with Gasteiger partial charge in [0.1, 0.15) is 17.8 Å². The molecule has 5 rings (SSSR count). The summed E-state index contributed by atoms with van der Waals surface area (Å²) >= 11 is 0. The molecule has 10 nitrogen and oxygen atoms in total. The largest absolute Gasteiger partial charge is 0.352 e. The van der Waals surface area contributed by atoms with Crippen LogP contribution in [0.15, 0.2) is 53.5 Å². The van der Waals surface area contributed by atoms with E-state index < -0.39 is 10.0 Å². The Bertz CT molecular complexity index is 1510. The summed E-state index contributed by atoms with van der Waals surface area (Å²) < 4.78 is 29.2. The standard InChI is InChI=1S/C24H28N8O2S/c1-4-35(33,34)30-24(29-19-8-7-18-6-5-9-25-20(18)12-19)32-11-10-31(14-17(32)3)23-21-16(2)13-26-22(21)27-15-28-23/h5-9,12-13,15,17H,4,10-11,14H2,1-3H3,(H,29,30)(H,26,27,28)/t17-/m0/s1. The lowest BCUT2D eigenvalue weighted by atomic mass is 10.1. The first kappa shape index (κ1) is 23.0. The molecule has 0 spiro atoms. The van der Waals surface area contributed by atoms with E-state index in [0.29, 0.717) is 25.6 Å². The minimum atomic E-state index is -3.62. The molecule has 1 aromatic carbocycles. The summed E-state index contributed by atoms with van der Waals surface area (Å²) in [5.41, 5.74) is 3.46. The predicted molar refractivity (Wildman–Crippen MR) is 139 cm³/mol. The Morgan fingerprint density at radius 1 is 1.23 bits per heavy atom. The second-order valence-corrected chi connectivity index (χ2v) is 10.6. The Morgan fingerprint density at radius 3 is 2.89 bits per heavy atom. The van der Waals surface area contributed by atoms with Gasteiger partial charge in [0, 0.05) is 49.1 Å². The van der Waals surface area contributed by atoms with Gasteiger partial charge in [-0.1, -0.05) is 12.1 Å². The minimum Gasteiger partial charge on any atom is -0.352 e. The average Bonchev–Trinajstić information content (AvgIpc) is 3.24. The summed E-state index contributed by atoms with van der Waals surface area (Å²) in [4.78, 5) is 20.7. The third-order valence-corrected chi connectivity index (χ3v) is 7.48. The third kappa shape index (κ3) is 4.63. The van der Waals surface area contributed by atoms with E-state index in [1.807, 2.05) is 48.4 Å². The summed E-state index contributed by atoms with van der Waals surface area (Å²) in [6.07, 6.45) is 5.24. The van der Waals surface area contributed by atoms with Crippen molar-refractivity contribution in [3.05, 3.63) is 54.6 Å². The number of nitrogens with one attached hydrogen (secondary N) is 2. The Labute approximate surface area is 204 Å². The topological polar surface area (TPSA) is 119 Å². The van der Waals surface area contributed by atoms with E-state index in [-0.39, 0.29) is 11.8 Å². The highest BCUT2D eigenvalue weighted by Crippen LogP contribution is 2.28. The van der Waals surface area contributed by atoms with Gasteiger partial charge in [0.25, 0.3) is 10.0 Å². The smallest absolute Gasteiger partial charge is 0.256 e. The van der Waals surface area contributed by atoms with E-state index in [1.165, 1.54) is 0 Å². The Hall–Kier alpha value is -3.73. The number of guanidine groups is 1. The number of pyridine rings is 1. The van der Waals surface area contributed by atoms with Gasteiger partial charge in [-0.25, -0.2) is 18.4 Å². The SMILES string of the molecule is CCS(=O)(=O)N=C(Nc1ccc2cccnc2c1)N1CCN(c2ncnc3[nH]cc(C)c23)C[C@@H]1C. The van der Waals surface area contributed by atoms with Gasteiger partial charge in [0.15, 0.2) is 0 Å². The number of sulfonamides is 1. The van der Waals surface area contributed by atoms with Crippen LogP contribution in [0.4, 0.5) is 11.5 Å². The molecule has 0 bridgehead atoms. The molecule has 1 aliphatic heterocycles. The number of benzene rings is 1. The number of nitrogens with zero attached hydrogens (tertiary/aromatic N) is 6. The molecule has 1 aliphatic rings. The lowest BCUT2D eigenvalue weighted by molar-refractivity contribution is 0.297. The molecule has 2 N–H and O–H groups in total. The zero-order valence-corrected chi connectivity index (χ0v) is 20.7. The zero-order valence-electron chi connectivity index (χ0n) is 19.9. The molecule has 4 heterocycles. The first-order valence-corrected chi connectivity index (χ1v) is 13.2. The van der Waals surface area contributed by atoms with Crippen LogP contribution in [0.2, 0.25) is 0 Å². The molecule has 3 aromatic heterocycles. The van der Waals surface area contributed by atoms with Crippen LogP contribution in [0.3, 0.4) is 0 Å². The van der Waals surface area contributed by atoms with Crippen molar-refractivity contribution in [3.63, 3.8) is 0 Å². The molecule has 11 heteroatoms. The summed E-state index contributed by atoms with van der Waals surface area (Å²) in [6.45, 7) is 7.58. The molecule has 4 aromatic rings. The monoisotopic (exact) mass is 492 g/mol. The fourth-order valence-electron chi connectivity index (χ4n) is 4.42. The molecule has 35 heavy (non-hydrogen) atoms. The minimum absolute atomic E-state index is 0.0232. The van der Waals surface area contributed by atoms with Crippen molar-refractivity contribution >= 4 is 49.4 Å². The van der Waals surface area contributed by atoms with Gasteiger partial charge in [0.05, 0.1) is 16.7 Å². The van der Waals surface area contributed by atoms with Crippen molar-refractivity contribution < 1.29 is 8.42 Å². The number of rotatable bonds is 4.